The molecule has 1 aromatic rings. The summed E-state index contributed by atoms with van der Waals surface area (Å²) >= 11 is 0. The summed E-state index contributed by atoms with van der Waals surface area (Å²) < 4.78 is 0. The molecule has 0 radical (unpaired) electrons. The predicted octanol–water partition coefficient (Wildman–Crippen LogP) is 1.39. The van der Waals surface area contributed by atoms with E-state index in [4.69, 9.17) is 5.26 Å². The molecule has 0 aliphatic carbocycles. The van der Waals surface area contributed by atoms with E-state index in [1.807, 2.05) is 18.2 Å². The Bertz CT molecular complexity index is 390. The molecule has 96 valence electrons. The third-order valence-electron chi connectivity index (χ3n) is 3.34. The van der Waals surface area contributed by atoms with Crippen LogP contribution in [0.4, 0.5) is 0 Å². The molecule has 0 bridgehead atoms. The van der Waals surface area contributed by atoms with E-state index < -0.39 is 0 Å². The van der Waals surface area contributed by atoms with Gasteiger partial charge in [0.15, 0.2) is 0 Å². The SMILES string of the molecule is CN1CCN(NC(CC#N)c2ccccc2)CC1. The lowest BCUT2D eigenvalue weighted by Crippen LogP contribution is -2.51. The molecule has 1 aliphatic rings. The van der Waals surface area contributed by atoms with Gasteiger partial charge in [-0.15, -0.1) is 0 Å². The van der Waals surface area contributed by atoms with Crippen LogP contribution in [0, 0.1) is 11.3 Å². The number of hydrogen-bond donors (Lipinski definition) is 1. The average Bonchev–Trinajstić information content (AvgIpc) is 2.42. The van der Waals surface area contributed by atoms with Crippen molar-refractivity contribution in [3.8, 4) is 6.07 Å². The quantitative estimate of drug-likeness (QED) is 0.869. The van der Waals surface area contributed by atoms with Gasteiger partial charge in [0.2, 0.25) is 0 Å². The Morgan fingerprint density at radius 2 is 1.89 bits per heavy atom. The minimum atomic E-state index is 0.0969. The largest absolute Gasteiger partial charge is 0.304 e. The van der Waals surface area contributed by atoms with Gasteiger partial charge < -0.3 is 4.90 Å². The van der Waals surface area contributed by atoms with Crippen molar-refractivity contribution in [3.63, 3.8) is 0 Å². The molecule has 18 heavy (non-hydrogen) atoms. The number of piperazine rings is 1. The maximum Gasteiger partial charge on any atom is 0.0642 e. The Morgan fingerprint density at radius 1 is 1.22 bits per heavy atom. The van der Waals surface area contributed by atoms with Crippen LogP contribution in [-0.2, 0) is 0 Å². The van der Waals surface area contributed by atoms with Gasteiger partial charge in [0, 0.05) is 26.2 Å². The fourth-order valence-electron chi connectivity index (χ4n) is 2.17. The number of nitrogens with zero attached hydrogens (tertiary/aromatic N) is 3. The summed E-state index contributed by atoms with van der Waals surface area (Å²) in [5.74, 6) is 0. The first-order chi connectivity index (χ1) is 8.79. The van der Waals surface area contributed by atoms with Crippen LogP contribution in [0.25, 0.3) is 0 Å². The van der Waals surface area contributed by atoms with Crippen LogP contribution in [0.1, 0.15) is 18.0 Å². The Balaban J connectivity index is 1.97. The first kappa shape index (κ1) is 13.0. The second-order valence-corrected chi connectivity index (χ2v) is 4.74. The zero-order valence-electron chi connectivity index (χ0n) is 10.8. The highest BCUT2D eigenvalue weighted by atomic mass is 15.5. The van der Waals surface area contributed by atoms with Gasteiger partial charge in [-0.1, -0.05) is 30.3 Å². The summed E-state index contributed by atoms with van der Waals surface area (Å²) in [7, 11) is 2.14. The van der Waals surface area contributed by atoms with Crippen LogP contribution >= 0.6 is 0 Å². The third kappa shape index (κ3) is 3.54. The van der Waals surface area contributed by atoms with Crippen LogP contribution in [-0.4, -0.2) is 43.1 Å². The minimum absolute atomic E-state index is 0.0969. The van der Waals surface area contributed by atoms with E-state index in [1.54, 1.807) is 0 Å². The van der Waals surface area contributed by atoms with Gasteiger partial charge in [-0.3, -0.25) is 0 Å². The van der Waals surface area contributed by atoms with Gasteiger partial charge in [0.25, 0.3) is 0 Å². The van der Waals surface area contributed by atoms with Crippen LogP contribution in [0.3, 0.4) is 0 Å². The molecule has 0 amide bonds. The summed E-state index contributed by atoms with van der Waals surface area (Å²) in [5.41, 5.74) is 4.66. The molecule has 1 aromatic carbocycles. The summed E-state index contributed by atoms with van der Waals surface area (Å²) in [6.07, 6.45) is 0.496. The third-order valence-corrected chi connectivity index (χ3v) is 3.34. The smallest absolute Gasteiger partial charge is 0.0642 e. The van der Waals surface area contributed by atoms with E-state index >= 15 is 0 Å². The summed E-state index contributed by atoms with van der Waals surface area (Å²) in [6, 6.07) is 12.6. The zero-order chi connectivity index (χ0) is 12.8. The van der Waals surface area contributed by atoms with E-state index in [9.17, 15) is 0 Å². The van der Waals surface area contributed by atoms with E-state index in [-0.39, 0.29) is 6.04 Å². The molecule has 1 fully saturated rings. The zero-order valence-corrected chi connectivity index (χ0v) is 10.8. The Labute approximate surface area is 109 Å². The predicted molar refractivity (Wildman–Crippen MR) is 71.6 cm³/mol. The highest BCUT2D eigenvalue weighted by molar-refractivity contribution is 5.19. The second-order valence-electron chi connectivity index (χ2n) is 4.74. The fourth-order valence-corrected chi connectivity index (χ4v) is 2.17. The standard InChI is InChI=1S/C14H20N4/c1-17-9-11-18(12-10-17)16-14(7-8-15)13-5-3-2-4-6-13/h2-6,14,16H,7,9-12H2,1H3. The molecule has 1 atom stereocenters. The molecule has 1 heterocycles. The first-order valence-corrected chi connectivity index (χ1v) is 6.41. The number of nitriles is 1. The summed E-state index contributed by atoms with van der Waals surface area (Å²) in [6.45, 7) is 4.15. The average molecular weight is 244 g/mol. The van der Waals surface area contributed by atoms with Crippen LogP contribution < -0.4 is 5.43 Å². The minimum Gasteiger partial charge on any atom is -0.304 e. The van der Waals surface area contributed by atoms with Crippen molar-refractivity contribution in [1.29, 1.82) is 5.26 Å². The van der Waals surface area contributed by atoms with Crippen molar-refractivity contribution in [1.82, 2.24) is 15.3 Å². The Morgan fingerprint density at radius 3 is 2.50 bits per heavy atom. The highest BCUT2D eigenvalue weighted by Crippen LogP contribution is 2.16. The summed E-state index contributed by atoms with van der Waals surface area (Å²) in [4.78, 5) is 2.32. The molecule has 0 spiro atoms. The van der Waals surface area contributed by atoms with Crippen LogP contribution in [0.5, 0.6) is 0 Å². The Hall–Kier alpha value is -1.41. The highest BCUT2D eigenvalue weighted by Gasteiger charge is 2.18. The normalized spacial score (nSPS) is 19.3. The summed E-state index contributed by atoms with van der Waals surface area (Å²) in [5, 5.41) is 11.2. The van der Waals surface area contributed by atoms with E-state index in [2.05, 4.69) is 40.6 Å². The number of nitrogens with one attached hydrogen (secondary N) is 1. The topological polar surface area (TPSA) is 42.3 Å². The number of hydrazine groups is 1. The molecule has 1 aliphatic heterocycles. The lowest BCUT2D eigenvalue weighted by atomic mass is 10.1. The van der Waals surface area contributed by atoms with Crippen molar-refractivity contribution in [2.24, 2.45) is 0 Å². The van der Waals surface area contributed by atoms with Crippen molar-refractivity contribution < 1.29 is 0 Å². The van der Waals surface area contributed by atoms with Gasteiger partial charge >= 0.3 is 0 Å². The molecule has 0 saturated carbocycles. The molecular formula is C14H20N4. The number of hydrogen-bond acceptors (Lipinski definition) is 4. The van der Waals surface area contributed by atoms with Gasteiger partial charge in [0.05, 0.1) is 18.5 Å². The molecule has 4 heteroatoms. The monoisotopic (exact) mass is 244 g/mol. The van der Waals surface area contributed by atoms with Crippen molar-refractivity contribution >= 4 is 0 Å². The number of likely N-dealkylation sites (N-methyl/N-ethyl adjacent to an activating group) is 1. The molecule has 4 nitrogen and oxygen atoms in total. The lowest BCUT2D eigenvalue weighted by molar-refractivity contribution is 0.0873. The lowest BCUT2D eigenvalue weighted by Gasteiger charge is -2.35. The van der Waals surface area contributed by atoms with Crippen molar-refractivity contribution in [3.05, 3.63) is 35.9 Å². The Kier molecular flexibility index (Phi) is 4.71. The van der Waals surface area contributed by atoms with Crippen molar-refractivity contribution in [2.45, 2.75) is 12.5 Å². The molecule has 1 unspecified atom stereocenters. The van der Waals surface area contributed by atoms with Gasteiger partial charge in [0.1, 0.15) is 0 Å². The van der Waals surface area contributed by atoms with Crippen LogP contribution in [0.15, 0.2) is 30.3 Å². The van der Waals surface area contributed by atoms with E-state index in [0.717, 1.165) is 26.2 Å². The molecule has 1 N–H and O–H groups in total. The van der Waals surface area contributed by atoms with E-state index in [1.165, 1.54) is 5.56 Å². The molecular weight excluding hydrogens is 224 g/mol. The van der Waals surface area contributed by atoms with Crippen molar-refractivity contribution in [2.75, 3.05) is 33.2 Å². The van der Waals surface area contributed by atoms with Gasteiger partial charge in [-0.05, 0) is 12.6 Å². The maximum atomic E-state index is 8.95. The van der Waals surface area contributed by atoms with Crippen LogP contribution in [0.2, 0.25) is 0 Å². The fraction of sp³-hybridized carbons (Fsp3) is 0.500. The van der Waals surface area contributed by atoms with Gasteiger partial charge in [-0.2, -0.15) is 5.26 Å². The molecule has 0 aromatic heterocycles. The van der Waals surface area contributed by atoms with E-state index in [0.29, 0.717) is 6.42 Å². The number of benzene rings is 1. The molecule has 2 rings (SSSR count). The second kappa shape index (κ2) is 6.50. The number of rotatable bonds is 4. The molecule has 1 saturated heterocycles. The maximum absolute atomic E-state index is 8.95. The first-order valence-electron chi connectivity index (χ1n) is 6.41. The van der Waals surface area contributed by atoms with Gasteiger partial charge in [-0.25, -0.2) is 10.4 Å².